The molecule has 1 aromatic carbocycles. The van der Waals surface area contributed by atoms with E-state index in [9.17, 15) is 14.4 Å². The number of primary amides is 2. The lowest BCUT2D eigenvalue weighted by Gasteiger charge is -2.12. The zero-order chi connectivity index (χ0) is 15.0. The molecule has 0 bridgehead atoms. The zero-order valence-corrected chi connectivity index (χ0v) is 10.9. The molecule has 0 heterocycles. The molecule has 0 radical (unpaired) electrons. The molecule has 106 valence electrons. The molecule has 1 aromatic rings. The molecule has 3 amide bonds. The van der Waals surface area contributed by atoms with Gasteiger partial charge >= 0.3 is 0 Å². The third-order valence-corrected chi connectivity index (χ3v) is 2.57. The van der Waals surface area contributed by atoms with Crippen LogP contribution in [0.2, 0.25) is 0 Å². The molecule has 0 aromatic heterocycles. The second-order valence-electron chi connectivity index (χ2n) is 4.21. The van der Waals surface area contributed by atoms with Gasteiger partial charge in [0.05, 0.1) is 0 Å². The van der Waals surface area contributed by atoms with Crippen molar-refractivity contribution in [3.05, 3.63) is 42.0 Å². The Morgan fingerprint density at radius 1 is 1.15 bits per heavy atom. The molecule has 1 atom stereocenters. The Hall–Kier alpha value is -2.63. The van der Waals surface area contributed by atoms with Crippen LogP contribution in [0.3, 0.4) is 0 Å². The van der Waals surface area contributed by atoms with E-state index in [-0.39, 0.29) is 12.8 Å². The first kappa shape index (κ1) is 15.4. The summed E-state index contributed by atoms with van der Waals surface area (Å²) in [6, 6.07) is 8.32. The average Bonchev–Trinajstić information content (AvgIpc) is 2.41. The van der Waals surface area contributed by atoms with Crippen LogP contribution in [0, 0.1) is 0 Å². The minimum atomic E-state index is -0.907. The summed E-state index contributed by atoms with van der Waals surface area (Å²) in [4.78, 5) is 33.5. The molecule has 0 saturated carbocycles. The van der Waals surface area contributed by atoms with Crippen LogP contribution in [0.4, 0.5) is 0 Å². The topological polar surface area (TPSA) is 115 Å². The van der Waals surface area contributed by atoms with Crippen LogP contribution in [-0.4, -0.2) is 23.8 Å². The predicted molar refractivity (Wildman–Crippen MR) is 75.0 cm³/mol. The number of nitrogens with two attached hydrogens (primary N) is 2. The zero-order valence-electron chi connectivity index (χ0n) is 10.9. The quantitative estimate of drug-likeness (QED) is 0.605. The SMILES string of the molecule is NC(=O)CC[C@H](NC(=O)/C=C/c1ccccc1)C(N)=O. The van der Waals surface area contributed by atoms with Gasteiger partial charge in [0.2, 0.25) is 17.7 Å². The highest BCUT2D eigenvalue weighted by Crippen LogP contribution is 2.01. The van der Waals surface area contributed by atoms with Crippen molar-refractivity contribution in [1.82, 2.24) is 5.32 Å². The van der Waals surface area contributed by atoms with E-state index in [1.165, 1.54) is 6.08 Å². The monoisotopic (exact) mass is 275 g/mol. The first-order valence-electron chi connectivity index (χ1n) is 6.10. The molecule has 6 heteroatoms. The number of nitrogens with one attached hydrogen (secondary N) is 1. The number of hydrogen-bond donors (Lipinski definition) is 3. The van der Waals surface area contributed by atoms with Crippen LogP contribution in [-0.2, 0) is 14.4 Å². The lowest BCUT2D eigenvalue weighted by Crippen LogP contribution is -2.44. The molecule has 0 spiro atoms. The Morgan fingerprint density at radius 2 is 1.80 bits per heavy atom. The van der Waals surface area contributed by atoms with Crippen LogP contribution in [0.5, 0.6) is 0 Å². The van der Waals surface area contributed by atoms with Crippen LogP contribution in [0.15, 0.2) is 36.4 Å². The minimum Gasteiger partial charge on any atom is -0.370 e. The molecule has 0 unspecified atom stereocenters. The fourth-order valence-electron chi connectivity index (χ4n) is 1.53. The van der Waals surface area contributed by atoms with Gasteiger partial charge in [-0.25, -0.2) is 0 Å². The lowest BCUT2D eigenvalue weighted by molar-refractivity contribution is -0.125. The molecule has 0 aliphatic heterocycles. The second kappa shape index (κ2) is 7.73. The largest absolute Gasteiger partial charge is 0.370 e. The van der Waals surface area contributed by atoms with E-state index in [1.54, 1.807) is 6.08 Å². The summed E-state index contributed by atoms with van der Waals surface area (Å²) in [5.74, 6) is -1.71. The van der Waals surface area contributed by atoms with E-state index in [1.807, 2.05) is 30.3 Å². The van der Waals surface area contributed by atoms with Crippen molar-refractivity contribution in [3.8, 4) is 0 Å². The van der Waals surface area contributed by atoms with Crippen LogP contribution < -0.4 is 16.8 Å². The first-order valence-corrected chi connectivity index (χ1v) is 6.10. The Kier molecular flexibility index (Phi) is 5.96. The Balaban J connectivity index is 2.56. The molecule has 20 heavy (non-hydrogen) atoms. The van der Waals surface area contributed by atoms with Crippen molar-refractivity contribution in [3.63, 3.8) is 0 Å². The van der Waals surface area contributed by atoms with Gasteiger partial charge in [0, 0.05) is 12.5 Å². The maximum absolute atomic E-state index is 11.7. The third kappa shape index (κ3) is 5.81. The van der Waals surface area contributed by atoms with Crippen molar-refractivity contribution in [1.29, 1.82) is 0 Å². The van der Waals surface area contributed by atoms with Gasteiger partial charge in [-0.2, -0.15) is 0 Å². The fourth-order valence-corrected chi connectivity index (χ4v) is 1.53. The fraction of sp³-hybridized carbons (Fsp3) is 0.214. The van der Waals surface area contributed by atoms with Crippen molar-refractivity contribution in [2.24, 2.45) is 11.5 Å². The van der Waals surface area contributed by atoms with Gasteiger partial charge in [0.1, 0.15) is 6.04 Å². The van der Waals surface area contributed by atoms with Gasteiger partial charge in [-0.05, 0) is 18.1 Å². The van der Waals surface area contributed by atoms with Crippen LogP contribution >= 0.6 is 0 Å². The van der Waals surface area contributed by atoms with Gasteiger partial charge in [-0.3, -0.25) is 14.4 Å². The number of amides is 3. The number of carbonyl (C=O) groups is 3. The van der Waals surface area contributed by atoms with Gasteiger partial charge in [0.25, 0.3) is 0 Å². The number of hydrogen-bond acceptors (Lipinski definition) is 3. The van der Waals surface area contributed by atoms with Gasteiger partial charge < -0.3 is 16.8 Å². The lowest BCUT2D eigenvalue weighted by atomic mass is 10.1. The van der Waals surface area contributed by atoms with E-state index in [2.05, 4.69) is 5.32 Å². The summed E-state index contributed by atoms with van der Waals surface area (Å²) in [6.07, 6.45) is 2.99. The van der Waals surface area contributed by atoms with Crippen molar-refractivity contribution in [2.45, 2.75) is 18.9 Å². The molecular weight excluding hydrogens is 258 g/mol. The highest BCUT2D eigenvalue weighted by atomic mass is 16.2. The number of benzene rings is 1. The Bertz CT molecular complexity index is 512. The molecule has 0 fully saturated rings. The Labute approximate surface area is 116 Å². The van der Waals surface area contributed by atoms with E-state index in [0.717, 1.165) is 5.56 Å². The first-order chi connectivity index (χ1) is 9.49. The highest BCUT2D eigenvalue weighted by molar-refractivity contribution is 5.95. The van der Waals surface area contributed by atoms with Crippen molar-refractivity contribution >= 4 is 23.8 Å². The molecule has 0 aliphatic rings. The van der Waals surface area contributed by atoms with Crippen LogP contribution in [0.1, 0.15) is 18.4 Å². The Morgan fingerprint density at radius 3 is 2.35 bits per heavy atom. The van der Waals surface area contributed by atoms with Crippen LogP contribution in [0.25, 0.3) is 6.08 Å². The van der Waals surface area contributed by atoms with Crippen molar-refractivity contribution in [2.75, 3.05) is 0 Å². The summed E-state index contributed by atoms with van der Waals surface area (Å²) >= 11 is 0. The maximum Gasteiger partial charge on any atom is 0.244 e. The summed E-state index contributed by atoms with van der Waals surface area (Å²) in [6.45, 7) is 0. The molecule has 5 N–H and O–H groups in total. The summed E-state index contributed by atoms with van der Waals surface area (Å²) in [5.41, 5.74) is 11.0. The smallest absolute Gasteiger partial charge is 0.244 e. The maximum atomic E-state index is 11.7. The minimum absolute atomic E-state index is 0.0176. The van der Waals surface area contributed by atoms with E-state index >= 15 is 0 Å². The average molecular weight is 275 g/mol. The van der Waals surface area contributed by atoms with Gasteiger partial charge in [-0.15, -0.1) is 0 Å². The summed E-state index contributed by atoms with van der Waals surface area (Å²) in [5, 5.41) is 2.43. The van der Waals surface area contributed by atoms with E-state index in [4.69, 9.17) is 11.5 Å². The highest BCUT2D eigenvalue weighted by Gasteiger charge is 2.17. The summed E-state index contributed by atoms with van der Waals surface area (Å²) < 4.78 is 0. The summed E-state index contributed by atoms with van der Waals surface area (Å²) in [7, 11) is 0. The van der Waals surface area contributed by atoms with E-state index in [0.29, 0.717) is 0 Å². The molecular formula is C14H17N3O3. The normalized spacial score (nSPS) is 12.0. The molecule has 6 nitrogen and oxygen atoms in total. The second-order valence-corrected chi connectivity index (χ2v) is 4.21. The van der Waals surface area contributed by atoms with Crippen molar-refractivity contribution < 1.29 is 14.4 Å². The van der Waals surface area contributed by atoms with Gasteiger partial charge in [-0.1, -0.05) is 30.3 Å². The number of rotatable bonds is 7. The molecule has 0 saturated heterocycles. The molecule has 1 rings (SSSR count). The molecule has 0 aliphatic carbocycles. The van der Waals surface area contributed by atoms with E-state index < -0.39 is 23.8 Å². The number of carbonyl (C=O) groups excluding carboxylic acids is 3. The standard InChI is InChI=1S/C14H17N3O3/c15-12(18)8-7-11(14(16)20)17-13(19)9-6-10-4-2-1-3-5-10/h1-6,9,11H,7-8H2,(H2,15,18)(H2,16,20)(H,17,19)/b9-6+/t11-/m0/s1. The predicted octanol–water partition coefficient (Wildman–Crippen LogP) is -0.0646. The van der Waals surface area contributed by atoms with Gasteiger partial charge in [0.15, 0.2) is 0 Å². The third-order valence-electron chi connectivity index (χ3n) is 2.57.